The van der Waals surface area contributed by atoms with E-state index in [-0.39, 0.29) is 24.0 Å². The van der Waals surface area contributed by atoms with Crippen LogP contribution < -0.4 is 5.32 Å². The highest BCUT2D eigenvalue weighted by Crippen LogP contribution is 2.02. The van der Waals surface area contributed by atoms with Gasteiger partial charge in [-0.05, 0) is 39.2 Å². The van der Waals surface area contributed by atoms with E-state index in [1.165, 1.54) is 5.69 Å². The maximum absolute atomic E-state index is 4.47. The Morgan fingerprint density at radius 1 is 1.45 bits per heavy atom. The van der Waals surface area contributed by atoms with Crippen molar-refractivity contribution in [1.29, 1.82) is 0 Å². The van der Waals surface area contributed by atoms with Crippen LogP contribution in [-0.2, 0) is 6.54 Å². The Labute approximate surface area is 151 Å². The zero-order valence-corrected chi connectivity index (χ0v) is 16.6. The summed E-state index contributed by atoms with van der Waals surface area (Å²) in [5.41, 5.74) is 2.30. The summed E-state index contributed by atoms with van der Waals surface area (Å²) in [6, 6.07) is 2.11. The smallest absolute Gasteiger partial charge is 0.193 e. The lowest BCUT2D eigenvalue weighted by Crippen LogP contribution is -2.40. The van der Waals surface area contributed by atoms with Crippen molar-refractivity contribution in [2.45, 2.75) is 39.7 Å². The molecule has 22 heavy (non-hydrogen) atoms. The molecule has 0 amide bonds. The molecule has 0 aliphatic rings. The molecule has 0 aromatic carbocycles. The molecule has 0 bridgehead atoms. The van der Waals surface area contributed by atoms with Crippen LogP contribution >= 0.6 is 24.0 Å². The fourth-order valence-corrected chi connectivity index (χ4v) is 2.29. The minimum absolute atomic E-state index is 0. The second-order valence-electron chi connectivity index (χ2n) is 5.33. The summed E-state index contributed by atoms with van der Waals surface area (Å²) in [5.74, 6) is 0.951. The number of unbranched alkanes of at least 4 members (excludes halogenated alkanes) is 1. The van der Waals surface area contributed by atoms with Gasteiger partial charge in [-0.15, -0.1) is 30.6 Å². The number of hydrogen-bond donors (Lipinski definition) is 1. The van der Waals surface area contributed by atoms with E-state index in [4.69, 9.17) is 0 Å². The van der Waals surface area contributed by atoms with Crippen molar-refractivity contribution in [3.63, 3.8) is 0 Å². The lowest BCUT2D eigenvalue weighted by Gasteiger charge is -2.21. The van der Waals surface area contributed by atoms with Crippen molar-refractivity contribution in [3.8, 4) is 0 Å². The van der Waals surface area contributed by atoms with E-state index >= 15 is 0 Å². The van der Waals surface area contributed by atoms with Gasteiger partial charge in [0.05, 0.1) is 5.69 Å². The van der Waals surface area contributed by atoms with Crippen molar-refractivity contribution in [1.82, 2.24) is 20.0 Å². The molecular weight excluding hydrogens is 389 g/mol. The van der Waals surface area contributed by atoms with Crippen LogP contribution in [0.25, 0.3) is 0 Å². The highest BCUT2D eigenvalue weighted by atomic mass is 127. The largest absolute Gasteiger partial charge is 0.356 e. The number of nitrogens with one attached hydrogen (secondary N) is 1. The molecule has 0 radical (unpaired) electrons. The van der Waals surface area contributed by atoms with Crippen LogP contribution in [0.3, 0.4) is 0 Å². The summed E-state index contributed by atoms with van der Waals surface area (Å²) in [7, 11) is 3.90. The van der Waals surface area contributed by atoms with Gasteiger partial charge in [-0.1, -0.05) is 6.08 Å². The van der Waals surface area contributed by atoms with Crippen LogP contribution in [0.15, 0.2) is 23.7 Å². The van der Waals surface area contributed by atoms with Crippen LogP contribution in [0.4, 0.5) is 0 Å². The van der Waals surface area contributed by atoms with E-state index in [0.29, 0.717) is 0 Å². The van der Waals surface area contributed by atoms with Crippen LogP contribution in [0.2, 0.25) is 0 Å². The van der Waals surface area contributed by atoms with Gasteiger partial charge in [0.2, 0.25) is 0 Å². The van der Waals surface area contributed by atoms with Gasteiger partial charge < -0.3 is 10.2 Å². The third kappa shape index (κ3) is 7.29. The molecule has 126 valence electrons. The Kier molecular flexibility index (Phi) is 11.0. The fraction of sp³-hybridized carbons (Fsp3) is 0.625. The van der Waals surface area contributed by atoms with Crippen molar-refractivity contribution in [3.05, 3.63) is 30.1 Å². The van der Waals surface area contributed by atoms with Gasteiger partial charge in [-0.3, -0.25) is 9.67 Å². The minimum Gasteiger partial charge on any atom is -0.356 e. The maximum atomic E-state index is 4.47. The van der Waals surface area contributed by atoms with Gasteiger partial charge in [0.25, 0.3) is 0 Å². The lowest BCUT2D eigenvalue weighted by atomic mass is 10.3. The van der Waals surface area contributed by atoms with Gasteiger partial charge in [0.15, 0.2) is 5.96 Å². The van der Waals surface area contributed by atoms with Crippen molar-refractivity contribution >= 4 is 29.9 Å². The van der Waals surface area contributed by atoms with Gasteiger partial charge >= 0.3 is 0 Å². The molecule has 0 unspecified atom stereocenters. The summed E-state index contributed by atoms with van der Waals surface area (Å²) in [6.45, 7) is 10.7. The molecule has 0 saturated heterocycles. The standard InChI is InChI=1S/C16H29N5.HI/c1-6-7-8-11-20(5)16(17-4)18-10-9-12-21-15(3)13-14(2)19-21;/h6,13H,1,7-12H2,2-5H3,(H,17,18);1H. The number of allylic oxidation sites excluding steroid dienone is 1. The third-order valence-electron chi connectivity index (χ3n) is 3.41. The molecule has 0 fully saturated rings. The average Bonchev–Trinajstić information content (AvgIpc) is 2.77. The van der Waals surface area contributed by atoms with E-state index in [9.17, 15) is 0 Å². The Hall–Kier alpha value is -1.05. The molecule has 1 N–H and O–H groups in total. The summed E-state index contributed by atoms with van der Waals surface area (Å²) in [6.07, 6.45) is 5.13. The highest BCUT2D eigenvalue weighted by molar-refractivity contribution is 14.0. The monoisotopic (exact) mass is 419 g/mol. The fourth-order valence-electron chi connectivity index (χ4n) is 2.29. The average molecular weight is 419 g/mol. The molecule has 0 aliphatic heterocycles. The predicted molar refractivity (Wildman–Crippen MR) is 105 cm³/mol. The quantitative estimate of drug-likeness (QED) is 0.232. The molecule has 1 aromatic rings. The summed E-state index contributed by atoms with van der Waals surface area (Å²) in [4.78, 5) is 6.48. The Balaban J connectivity index is 0.00000441. The Morgan fingerprint density at radius 3 is 2.73 bits per heavy atom. The summed E-state index contributed by atoms with van der Waals surface area (Å²) >= 11 is 0. The Morgan fingerprint density at radius 2 is 2.18 bits per heavy atom. The van der Waals surface area contributed by atoms with Crippen molar-refractivity contribution in [2.75, 3.05) is 27.2 Å². The Bertz CT molecular complexity index is 467. The number of hydrogen-bond acceptors (Lipinski definition) is 2. The van der Waals surface area contributed by atoms with Gasteiger partial charge in [-0.2, -0.15) is 5.10 Å². The third-order valence-corrected chi connectivity index (χ3v) is 3.41. The summed E-state index contributed by atoms with van der Waals surface area (Å²) in [5, 5.41) is 7.87. The van der Waals surface area contributed by atoms with Crippen LogP contribution in [0, 0.1) is 13.8 Å². The first kappa shape index (κ1) is 20.9. The molecule has 0 saturated carbocycles. The maximum Gasteiger partial charge on any atom is 0.193 e. The zero-order valence-electron chi connectivity index (χ0n) is 14.3. The molecule has 1 heterocycles. The van der Waals surface area contributed by atoms with Gasteiger partial charge in [0.1, 0.15) is 0 Å². The van der Waals surface area contributed by atoms with E-state index in [2.05, 4.69) is 51.6 Å². The predicted octanol–water partition coefficient (Wildman–Crippen LogP) is 2.98. The molecule has 0 spiro atoms. The van der Waals surface area contributed by atoms with Crippen LogP contribution in [-0.4, -0.2) is 47.8 Å². The first-order chi connectivity index (χ1) is 10.1. The molecule has 6 heteroatoms. The number of aromatic nitrogens is 2. The topological polar surface area (TPSA) is 45.5 Å². The second-order valence-corrected chi connectivity index (χ2v) is 5.33. The highest BCUT2D eigenvalue weighted by Gasteiger charge is 2.05. The number of rotatable bonds is 8. The first-order valence-corrected chi connectivity index (χ1v) is 7.62. The summed E-state index contributed by atoms with van der Waals surface area (Å²) < 4.78 is 2.06. The number of aryl methyl sites for hydroxylation is 3. The molecule has 5 nitrogen and oxygen atoms in total. The van der Waals surface area contributed by atoms with E-state index in [1.54, 1.807) is 0 Å². The second kappa shape index (κ2) is 11.5. The van der Waals surface area contributed by atoms with Crippen LogP contribution in [0.5, 0.6) is 0 Å². The van der Waals surface area contributed by atoms with E-state index in [0.717, 1.165) is 50.6 Å². The normalized spacial score (nSPS) is 11.0. The van der Waals surface area contributed by atoms with Crippen LogP contribution in [0.1, 0.15) is 30.7 Å². The van der Waals surface area contributed by atoms with Crippen molar-refractivity contribution in [2.24, 2.45) is 4.99 Å². The molecule has 0 atom stereocenters. The lowest BCUT2D eigenvalue weighted by molar-refractivity contribution is 0.465. The number of halogens is 1. The van der Waals surface area contributed by atoms with Crippen molar-refractivity contribution < 1.29 is 0 Å². The molecule has 0 aliphatic carbocycles. The minimum atomic E-state index is 0. The number of guanidine groups is 1. The molecule has 1 rings (SSSR count). The number of nitrogens with zero attached hydrogens (tertiary/aromatic N) is 4. The van der Waals surface area contributed by atoms with Gasteiger partial charge in [-0.25, -0.2) is 0 Å². The van der Waals surface area contributed by atoms with E-state index < -0.39 is 0 Å². The molecular formula is C16H30IN5. The van der Waals surface area contributed by atoms with Gasteiger partial charge in [0, 0.05) is 39.4 Å². The first-order valence-electron chi connectivity index (χ1n) is 7.62. The van der Waals surface area contributed by atoms with E-state index in [1.807, 2.05) is 20.0 Å². The number of aliphatic imine (C=N–C) groups is 1. The molecule has 1 aromatic heterocycles. The zero-order chi connectivity index (χ0) is 15.7. The SMILES string of the molecule is C=CCCCN(C)C(=NC)NCCCn1nc(C)cc1C.I.